The van der Waals surface area contributed by atoms with Gasteiger partial charge < -0.3 is 10.2 Å². The summed E-state index contributed by atoms with van der Waals surface area (Å²) in [7, 11) is 0. The topological polar surface area (TPSA) is 40.5 Å². The molecule has 0 amide bonds. The highest BCUT2D eigenvalue weighted by atomic mass is 16.3. The van der Waals surface area contributed by atoms with Crippen LogP contribution in [-0.2, 0) is 6.42 Å². The first-order valence-electron chi connectivity index (χ1n) is 5.32. The molecule has 0 aliphatic rings. The van der Waals surface area contributed by atoms with Crippen LogP contribution in [0, 0.1) is 0 Å². The van der Waals surface area contributed by atoms with Crippen molar-refractivity contribution >= 4 is 0 Å². The van der Waals surface area contributed by atoms with Gasteiger partial charge >= 0.3 is 0 Å². The molecule has 0 saturated carbocycles. The van der Waals surface area contributed by atoms with E-state index < -0.39 is 0 Å². The summed E-state index contributed by atoms with van der Waals surface area (Å²) in [5.41, 5.74) is 2.32. The van der Waals surface area contributed by atoms with E-state index in [9.17, 15) is 10.2 Å². The van der Waals surface area contributed by atoms with Crippen LogP contribution >= 0.6 is 0 Å². The molecule has 0 radical (unpaired) electrons. The molecule has 0 saturated heterocycles. The molecule has 82 valence electrons. The molecule has 0 aliphatic heterocycles. The van der Waals surface area contributed by atoms with Crippen molar-refractivity contribution in [2.75, 3.05) is 0 Å². The van der Waals surface area contributed by atoms with Crippen molar-refractivity contribution < 1.29 is 10.2 Å². The summed E-state index contributed by atoms with van der Waals surface area (Å²) >= 11 is 0. The van der Waals surface area contributed by atoms with Gasteiger partial charge in [0.15, 0.2) is 0 Å². The summed E-state index contributed by atoms with van der Waals surface area (Å²) in [4.78, 5) is 0. The van der Waals surface area contributed by atoms with E-state index in [1.165, 1.54) is 0 Å². The highest BCUT2D eigenvalue weighted by molar-refractivity contribution is 5.72. The van der Waals surface area contributed by atoms with Gasteiger partial charge in [-0.3, -0.25) is 0 Å². The van der Waals surface area contributed by atoms with Crippen LogP contribution in [0.5, 0.6) is 11.5 Å². The van der Waals surface area contributed by atoms with E-state index in [1.54, 1.807) is 12.1 Å². The molecule has 0 fully saturated rings. The number of hydrogen-bond donors (Lipinski definition) is 2. The van der Waals surface area contributed by atoms with Crippen molar-refractivity contribution in [3.63, 3.8) is 0 Å². The minimum atomic E-state index is 0.209. The minimum absolute atomic E-state index is 0.209. The molecule has 0 heterocycles. The van der Waals surface area contributed by atoms with Crippen LogP contribution in [0.15, 0.2) is 42.5 Å². The van der Waals surface area contributed by atoms with Gasteiger partial charge in [0.1, 0.15) is 11.5 Å². The fraction of sp³-hybridized carbons (Fsp3) is 0.143. The van der Waals surface area contributed by atoms with E-state index in [2.05, 4.69) is 0 Å². The zero-order valence-corrected chi connectivity index (χ0v) is 9.14. The highest BCUT2D eigenvalue weighted by Gasteiger charge is 2.08. The van der Waals surface area contributed by atoms with Crippen LogP contribution in [0.25, 0.3) is 11.1 Å². The second-order valence-corrected chi connectivity index (χ2v) is 3.72. The molecule has 2 N–H and O–H groups in total. The van der Waals surface area contributed by atoms with Gasteiger partial charge in [-0.2, -0.15) is 0 Å². The second-order valence-electron chi connectivity index (χ2n) is 3.72. The summed E-state index contributed by atoms with van der Waals surface area (Å²) in [6.07, 6.45) is 0.703. The smallest absolute Gasteiger partial charge is 0.123 e. The lowest BCUT2D eigenvalue weighted by Crippen LogP contribution is -1.85. The number of rotatable bonds is 2. The standard InChI is InChI=1S/C14H14O2/c1-2-10-8-14(16)12(9-13(10)15)11-6-4-3-5-7-11/h3-9,15-16H,2H2,1H3. The van der Waals surface area contributed by atoms with Crippen molar-refractivity contribution in [2.45, 2.75) is 13.3 Å². The van der Waals surface area contributed by atoms with Crippen LogP contribution < -0.4 is 0 Å². The third-order valence-corrected chi connectivity index (χ3v) is 2.66. The second kappa shape index (κ2) is 4.27. The monoisotopic (exact) mass is 214 g/mol. The Morgan fingerprint density at radius 2 is 1.62 bits per heavy atom. The number of benzene rings is 2. The summed E-state index contributed by atoms with van der Waals surface area (Å²) in [5, 5.41) is 19.7. The Bertz CT molecular complexity index is 490. The molecular formula is C14H14O2. The number of aryl methyl sites for hydroxylation is 1. The fourth-order valence-electron chi connectivity index (χ4n) is 1.75. The number of phenolic OH excluding ortho intramolecular Hbond substituents is 2. The van der Waals surface area contributed by atoms with Crippen molar-refractivity contribution in [1.82, 2.24) is 0 Å². The van der Waals surface area contributed by atoms with Crippen LogP contribution in [0.4, 0.5) is 0 Å². The zero-order chi connectivity index (χ0) is 11.5. The first-order valence-corrected chi connectivity index (χ1v) is 5.32. The molecule has 0 bridgehead atoms. The third kappa shape index (κ3) is 1.87. The van der Waals surface area contributed by atoms with Gasteiger partial charge in [0, 0.05) is 5.56 Å². The Morgan fingerprint density at radius 3 is 2.25 bits per heavy atom. The van der Waals surface area contributed by atoms with E-state index in [0.29, 0.717) is 12.0 Å². The van der Waals surface area contributed by atoms with E-state index in [4.69, 9.17) is 0 Å². The quantitative estimate of drug-likeness (QED) is 0.753. The molecule has 0 aromatic heterocycles. The average molecular weight is 214 g/mol. The van der Waals surface area contributed by atoms with Crippen molar-refractivity contribution in [1.29, 1.82) is 0 Å². The molecule has 0 spiro atoms. The average Bonchev–Trinajstić information content (AvgIpc) is 2.32. The molecular weight excluding hydrogens is 200 g/mol. The van der Waals surface area contributed by atoms with E-state index in [0.717, 1.165) is 11.1 Å². The number of hydrogen-bond acceptors (Lipinski definition) is 2. The third-order valence-electron chi connectivity index (χ3n) is 2.66. The van der Waals surface area contributed by atoms with Gasteiger partial charge in [-0.1, -0.05) is 37.3 Å². The number of aromatic hydroxyl groups is 2. The molecule has 2 aromatic carbocycles. The van der Waals surface area contributed by atoms with Crippen LogP contribution in [0.1, 0.15) is 12.5 Å². The Labute approximate surface area is 94.8 Å². The summed E-state index contributed by atoms with van der Waals surface area (Å²) in [6, 6.07) is 12.8. The maximum absolute atomic E-state index is 9.89. The van der Waals surface area contributed by atoms with E-state index in [-0.39, 0.29) is 11.5 Å². The van der Waals surface area contributed by atoms with E-state index in [1.807, 2.05) is 37.3 Å². The van der Waals surface area contributed by atoms with Gasteiger partial charge in [0.05, 0.1) is 0 Å². The predicted octanol–water partition coefficient (Wildman–Crippen LogP) is 3.33. The lowest BCUT2D eigenvalue weighted by Gasteiger charge is -2.08. The first kappa shape index (κ1) is 10.6. The van der Waals surface area contributed by atoms with Crippen LogP contribution in [0.2, 0.25) is 0 Å². The molecule has 16 heavy (non-hydrogen) atoms. The van der Waals surface area contributed by atoms with Crippen LogP contribution in [-0.4, -0.2) is 10.2 Å². The molecule has 2 aromatic rings. The van der Waals surface area contributed by atoms with Gasteiger partial charge in [-0.25, -0.2) is 0 Å². The molecule has 0 unspecified atom stereocenters. The molecule has 0 atom stereocenters. The maximum Gasteiger partial charge on any atom is 0.123 e. The zero-order valence-electron chi connectivity index (χ0n) is 9.14. The fourth-order valence-corrected chi connectivity index (χ4v) is 1.75. The van der Waals surface area contributed by atoms with Gasteiger partial charge in [0.2, 0.25) is 0 Å². The summed E-state index contributed by atoms with van der Waals surface area (Å²) < 4.78 is 0. The van der Waals surface area contributed by atoms with Gasteiger partial charge in [-0.15, -0.1) is 0 Å². The molecule has 2 nitrogen and oxygen atoms in total. The number of phenols is 2. The Balaban J connectivity index is 2.55. The van der Waals surface area contributed by atoms with Gasteiger partial charge in [-0.05, 0) is 29.7 Å². The molecule has 2 heteroatoms. The first-order chi connectivity index (χ1) is 7.72. The lowest BCUT2D eigenvalue weighted by molar-refractivity contribution is 0.456. The van der Waals surface area contributed by atoms with Gasteiger partial charge in [0.25, 0.3) is 0 Å². The summed E-state index contributed by atoms with van der Waals surface area (Å²) in [6.45, 7) is 1.94. The van der Waals surface area contributed by atoms with Crippen LogP contribution in [0.3, 0.4) is 0 Å². The van der Waals surface area contributed by atoms with Crippen molar-refractivity contribution in [2.24, 2.45) is 0 Å². The Morgan fingerprint density at radius 1 is 0.938 bits per heavy atom. The SMILES string of the molecule is CCc1cc(O)c(-c2ccccc2)cc1O. The van der Waals surface area contributed by atoms with E-state index >= 15 is 0 Å². The predicted molar refractivity (Wildman–Crippen MR) is 64.6 cm³/mol. The lowest BCUT2D eigenvalue weighted by atomic mass is 10.0. The molecule has 0 aliphatic carbocycles. The Hall–Kier alpha value is -1.96. The molecule has 2 rings (SSSR count). The highest BCUT2D eigenvalue weighted by Crippen LogP contribution is 2.34. The van der Waals surface area contributed by atoms with Crippen molar-refractivity contribution in [3.8, 4) is 22.6 Å². The van der Waals surface area contributed by atoms with Crippen molar-refractivity contribution in [3.05, 3.63) is 48.0 Å². The summed E-state index contributed by atoms with van der Waals surface area (Å²) in [5.74, 6) is 0.444. The largest absolute Gasteiger partial charge is 0.508 e. The minimum Gasteiger partial charge on any atom is -0.508 e. The maximum atomic E-state index is 9.89. The Kier molecular flexibility index (Phi) is 2.82. The normalized spacial score (nSPS) is 10.3.